The van der Waals surface area contributed by atoms with Crippen molar-refractivity contribution in [3.05, 3.63) is 54.6 Å². The molecule has 6 atom stereocenters. The molecular weight excluding hydrogens is 598 g/mol. The van der Waals surface area contributed by atoms with Gasteiger partial charge >= 0.3 is 0 Å². The molecule has 3 heterocycles. The number of halogens is 1. The number of likely N-dealkylation sites (tertiary alicyclic amines) is 1. The van der Waals surface area contributed by atoms with Crippen LogP contribution in [0.3, 0.4) is 0 Å². The Morgan fingerprint density at radius 1 is 1.12 bits per heavy atom. The van der Waals surface area contributed by atoms with E-state index in [-0.39, 0.29) is 35.7 Å². The van der Waals surface area contributed by atoms with Crippen molar-refractivity contribution in [3.63, 3.8) is 0 Å². The molecule has 42 heavy (non-hydrogen) atoms. The Hall–Kier alpha value is -2.49. The van der Waals surface area contributed by atoms with Gasteiger partial charge in [0.25, 0.3) is 5.91 Å². The van der Waals surface area contributed by atoms with E-state index in [9.17, 15) is 19.5 Å². The minimum absolute atomic E-state index is 0.111. The molecule has 3 saturated heterocycles. The zero-order chi connectivity index (χ0) is 30.6. The number of fused-ring (bicyclic) bond motifs is 1. The van der Waals surface area contributed by atoms with Crippen LogP contribution in [-0.4, -0.2) is 88.0 Å². The van der Waals surface area contributed by atoms with Crippen LogP contribution in [0.2, 0.25) is 0 Å². The standard InChI is InChI=1S/C33H46BrN3O5/c1-6-16-35(17-7-2)30(39)25-26-31(40)37(19-11-9-10-12-20-38)29(33(26)21-24(34)28(25)42-33)32(41)36(18-8-3)27-22(4)14-13-15-23(27)5/h6,8,13-15,24-26,28-29,38H,1,3,7,9-12,16-21H2,2,4-5H3/t24?,25-,26-,28-,29?,33?/m0/s1. The van der Waals surface area contributed by atoms with Crippen molar-refractivity contribution in [1.82, 2.24) is 9.80 Å². The smallest absolute Gasteiger partial charge is 0.253 e. The largest absolute Gasteiger partial charge is 0.396 e. The maximum atomic E-state index is 14.8. The summed E-state index contributed by atoms with van der Waals surface area (Å²) in [6.07, 6.45) is 7.24. The Morgan fingerprint density at radius 3 is 2.40 bits per heavy atom. The normalized spacial score (nSPS) is 27.7. The van der Waals surface area contributed by atoms with Crippen molar-refractivity contribution >= 4 is 39.3 Å². The minimum Gasteiger partial charge on any atom is -0.396 e. The van der Waals surface area contributed by atoms with E-state index in [1.54, 1.807) is 26.9 Å². The molecule has 2 bridgehead atoms. The number of carbonyl (C=O) groups is 3. The lowest BCUT2D eigenvalue weighted by atomic mass is 9.70. The molecule has 3 aliphatic rings. The number of aliphatic hydroxyl groups excluding tert-OH is 1. The van der Waals surface area contributed by atoms with Crippen LogP contribution >= 0.6 is 15.9 Å². The van der Waals surface area contributed by atoms with Crippen LogP contribution in [0.25, 0.3) is 0 Å². The zero-order valence-electron chi connectivity index (χ0n) is 25.3. The number of ether oxygens (including phenoxy) is 1. The molecule has 0 aromatic heterocycles. The maximum absolute atomic E-state index is 14.8. The number of aryl methyl sites for hydroxylation is 2. The van der Waals surface area contributed by atoms with Crippen molar-refractivity contribution in [2.75, 3.05) is 37.7 Å². The van der Waals surface area contributed by atoms with Gasteiger partial charge in [0.05, 0.1) is 17.9 Å². The molecule has 0 aliphatic carbocycles. The van der Waals surface area contributed by atoms with Crippen LogP contribution in [0, 0.1) is 25.7 Å². The van der Waals surface area contributed by atoms with Crippen LogP contribution < -0.4 is 4.90 Å². The highest BCUT2D eigenvalue weighted by Crippen LogP contribution is 2.60. The molecule has 3 amide bonds. The summed E-state index contributed by atoms with van der Waals surface area (Å²) in [6, 6.07) is 5.06. The third-order valence-electron chi connectivity index (χ3n) is 9.06. The van der Waals surface area contributed by atoms with Crippen LogP contribution in [-0.2, 0) is 19.1 Å². The van der Waals surface area contributed by atoms with Gasteiger partial charge in [-0.05, 0) is 50.7 Å². The van der Waals surface area contributed by atoms with Crippen molar-refractivity contribution in [2.45, 2.75) is 81.9 Å². The number of carbonyl (C=O) groups excluding carboxylic acids is 3. The fraction of sp³-hybridized carbons (Fsp3) is 0.606. The quantitative estimate of drug-likeness (QED) is 0.172. The second kappa shape index (κ2) is 13.9. The molecule has 0 radical (unpaired) electrons. The topological polar surface area (TPSA) is 90.4 Å². The van der Waals surface area contributed by atoms with Gasteiger partial charge in [-0.2, -0.15) is 0 Å². The molecule has 1 spiro atoms. The fourth-order valence-corrected chi connectivity index (χ4v) is 8.35. The lowest BCUT2D eigenvalue weighted by Gasteiger charge is -2.38. The maximum Gasteiger partial charge on any atom is 0.253 e. The number of para-hydroxylation sites is 1. The average molecular weight is 645 g/mol. The first kappa shape index (κ1) is 32.4. The molecule has 9 heteroatoms. The third kappa shape index (κ3) is 5.72. The molecule has 1 N–H and O–H groups in total. The predicted molar refractivity (Wildman–Crippen MR) is 169 cm³/mol. The Morgan fingerprint density at radius 2 is 1.79 bits per heavy atom. The van der Waals surface area contributed by atoms with Crippen LogP contribution in [0.5, 0.6) is 0 Å². The minimum atomic E-state index is -1.11. The van der Waals surface area contributed by atoms with E-state index >= 15 is 0 Å². The first-order chi connectivity index (χ1) is 20.2. The van der Waals surface area contributed by atoms with E-state index in [4.69, 9.17) is 4.74 Å². The number of unbranched alkanes of at least 4 members (excludes halogenated alkanes) is 3. The van der Waals surface area contributed by atoms with E-state index in [0.717, 1.165) is 36.1 Å². The lowest BCUT2D eigenvalue weighted by molar-refractivity contribution is -0.145. The van der Waals surface area contributed by atoms with E-state index in [0.29, 0.717) is 38.9 Å². The van der Waals surface area contributed by atoms with Crippen molar-refractivity contribution in [3.8, 4) is 0 Å². The van der Waals surface area contributed by atoms with Crippen molar-refractivity contribution in [2.24, 2.45) is 11.8 Å². The second-order valence-corrected chi connectivity index (χ2v) is 13.1. The Labute approximate surface area is 258 Å². The Bertz CT molecular complexity index is 1170. The summed E-state index contributed by atoms with van der Waals surface area (Å²) < 4.78 is 6.75. The van der Waals surface area contributed by atoms with Gasteiger partial charge in [0.15, 0.2) is 0 Å². The van der Waals surface area contributed by atoms with E-state index in [2.05, 4.69) is 29.1 Å². The molecule has 8 nitrogen and oxygen atoms in total. The van der Waals surface area contributed by atoms with Gasteiger partial charge in [-0.25, -0.2) is 0 Å². The summed E-state index contributed by atoms with van der Waals surface area (Å²) in [7, 11) is 0. The average Bonchev–Trinajstić information content (AvgIpc) is 3.54. The van der Waals surface area contributed by atoms with E-state index < -0.39 is 29.6 Å². The van der Waals surface area contributed by atoms with Crippen LogP contribution in [0.4, 0.5) is 5.69 Å². The van der Waals surface area contributed by atoms with Crippen molar-refractivity contribution in [1.29, 1.82) is 0 Å². The number of benzene rings is 1. The van der Waals surface area contributed by atoms with Crippen molar-refractivity contribution < 1.29 is 24.2 Å². The molecule has 3 fully saturated rings. The molecule has 1 aromatic rings. The highest BCUT2D eigenvalue weighted by molar-refractivity contribution is 9.09. The van der Waals surface area contributed by atoms with Gasteiger partial charge in [0.2, 0.25) is 11.8 Å². The van der Waals surface area contributed by atoms with Crippen LogP contribution in [0.1, 0.15) is 56.6 Å². The summed E-state index contributed by atoms with van der Waals surface area (Å²) in [5.41, 5.74) is 1.62. The fourth-order valence-electron chi connectivity index (χ4n) is 7.41. The molecule has 4 rings (SSSR count). The number of nitrogens with zero attached hydrogens (tertiary/aromatic N) is 3. The number of hydrogen-bond donors (Lipinski definition) is 1. The highest BCUT2D eigenvalue weighted by Gasteiger charge is 2.76. The summed E-state index contributed by atoms with van der Waals surface area (Å²) in [5, 5.41) is 9.22. The number of amides is 3. The molecule has 3 unspecified atom stereocenters. The Balaban J connectivity index is 1.78. The van der Waals surface area contributed by atoms with E-state index in [1.165, 1.54) is 0 Å². The molecular formula is C33H46BrN3O5. The van der Waals surface area contributed by atoms with Gasteiger partial charge in [-0.15, -0.1) is 13.2 Å². The summed E-state index contributed by atoms with van der Waals surface area (Å²) >= 11 is 3.79. The number of aliphatic hydroxyl groups is 1. The van der Waals surface area contributed by atoms with Gasteiger partial charge in [0.1, 0.15) is 11.6 Å². The first-order valence-corrected chi connectivity index (χ1v) is 16.2. The van der Waals surface area contributed by atoms with E-state index in [1.807, 2.05) is 39.0 Å². The summed E-state index contributed by atoms with van der Waals surface area (Å²) in [5.74, 6) is -1.90. The third-order valence-corrected chi connectivity index (χ3v) is 9.90. The Kier molecular flexibility index (Phi) is 10.7. The molecule has 3 aliphatic heterocycles. The van der Waals surface area contributed by atoms with Gasteiger partial charge in [-0.3, -0.25) is 14.4 Å². The van der Waals surface area contributed by atoms with Gasteiger partial charge in [-0.1, -0.05) is 66.0 Å². The number of hydrogen-bond acceptors (Lipinski definition) is 5. The number of alkyl halides is 1. The molecule has 230 valence electrons. The highest BCUT2D eigenvalue weighted by atomic mass is 79.9. The number of anilines is 1. The molecule has 0 saturated carbocycles. The molecule has 1 aromatic carbocycles. The number of rotatable bonds is 15. The van der Waals surface area contributed by atoms with Crippen LogP contribution in [0.15, 0.2) is 43.5 Å². The SMILES string of the molecule is C=CCN(CCC)C(=O)[C@H]1[C@H]2C(=O)N(CCCCCCO)C(C(=O)N(CC=C)c3c(C)cccc3C)C23CC(Br)[C@@H]1O3. The lowest BCUT2D eigenvalue weighted by Crippen LogP contribution is -2.57. The summed E-state index contributed by atoms with van der Waals surface area (Å²) in [6.45, 7) is 15.5. The predicted octanol–water partition coefficient (Wildman–Crippen LogP) is 4.55. The zero-order valence-corrected chi connectivity index (χ0v) is 26.9. The first-order valence-electron chi connectivity index (χ1n) is 15.3. The van der Waals surface area contributed by atoms with Gasteiger partial charge in [0, 0.05) is 43.3 Å². The summed E-state index contributed by atoms with van der Waals surface area (Å²) in [4.78, 5) is 48.4. The second-order valence-electron chi connectivity index (χ2n) is 11.9. The monoisotopic (exact) mass is 643 g/mol. The van der Waals surface area contributed by atoms with Gasteiger partial charge < -0.3 is 24.5 Å².